The van der Waals surface area contributed by atoms with Gasteiger partial charge in [0.2, 0.25) is 0 Å². The zero-order valence-electron chi connectivity index (χ0n) is 12.3. The molecule has 0 spiro atoms. The minimum absolute atomic E-state index is 0. The molecule has 0 radical (unpaired) electrons. The Morgan fingerprint density at radius 3 is 2.80 bits per heavy atom. The maximum absolute atomic E-state index is 3.36. The summed E-state index contributed by atoms with van der Waals surface area (Å²) in [6.07, 6.45) is 1.28. The van der Waals surface area contributed by atoms with E-state index in [0.29, 0.717) is 12.0 Å². The van der Waals surface area contributed by atoms with Gasteiger partial charge in [-0.1, -0.05) is 18.2 Å². The van der Waals surface area contributed by atoms with Crippen LogP contribution < -0.4 is 5.32 Å². The first-order valence-corrected chi connectivity index (χ1v) is 8.12. The van der Waals surface area contributed by atoms with Crippen molar-refractivity contribution >= 4 is 35.1 Å². The normalized spacial score (nSPS) is 18.1. The van der Waals surface area contributed by atoms with E-state index in [1.807, 2.05) is 11.8 Å². The quantitative estimate of drug-likeness (QED) is 0.902. The van der Waals surface area contributed by atoms with Crippen LogP contribution in [0.3, 0.4) is 0 Å². The number of para-hydroxylation sites is 1. The van der Waals surface area contributed by atoms with E-state index in [1.54, 1.807) is 5.56 Å². The molecule has 4 heteroatoms. The Balaban J connectivity index is 0.00000147. The van der Waals surface area contributed by atoms with Gasteiger partial charge in [0.15, 0.2) is 0 Å². The van der Waals surface area contributed by atoms with Crippen LogP contribution in [0.1, 0.15) is 37.8 Å². The lowest BCUT2D eigenvalue weighted by Gasteiger charge is -2.24. The van der Waals surface area contributed by atoms with Crippen LogP contribution in [-0.2, 0) is 0 Å². The molecule has 0 bridgehead atoms. The predicted molar refractivity (Wildman–Crippen MR) is 91.6 cm³/mol. The van der Waals surface area contributed by atoms with Crippen LogP contribution in [0.5, 0.6) is 0 Å². The summed E-state index contributed by atoms with van der Waals surface area (Å²) in [6.45, 7) is 5.66. The molecule has 1 unspecified atom stereocenters. The van der Waals surface area contributed by atoms with Crippen LogP contribution >= 0.6 is 24.2 Å². The van der Waals surface area contributed by atoms with E-state index in [9.17, 15) is 0 Å². The van der Waals surface area contributed by atoms with Crippen molar-refractivity contribution in [2.24, 2.45) is 0 Å². The summed E-state index contributed by atoms with van der Waals surface area (Å²) in [6, 6.07) is 9.41. The van der Waals surface area contributed by atoms with Gasteiger partial charge in [0.25, 0.3) is 0 Å². The van der Waals surface area contributed by atoms with Crippen molar-refractivity contribution in [2.45, 2.75) is 37.3 Å². The molecule has 1 aromatic heterocycles. The van der Waals surface area contributed by atoms with Crippen molar-refractivity contribution in [1.29, 1.82) is 0 Å². The molecule has 110 valence electrons. The molecule has 3 rings (SSSR count). The van der Waals surface area contributed by atoms with Crippen LogP contribution in [-0.4, -0.2) is 23.9 Å². The first-order chi connectivity index (χ1) is 9.24. The monoisotopic (exact) mass is 310 g/mol. The highest BCUT2D eigenvalue weighted by molar-refractivity contribution is 7.99. The molecule has 0 saturated heterocycles. The highest BCUT2D eigenvalue weighted by Gasteiger charge is 2.28. The third-order valence-electron chi connectivity index (χ3n) is 3.98. The van der Waals surface area contributed by atoms with Gasteiger partial charge in [0, 0.05) is 35.2 Å². The molecule has 0 saturated carbocycles. The molecule has 1 aromatic carbocycles. The smallest absolute Gasteiger partial charge is 0.0797 e. The summed E-state index contributed by atoms with van der Waals surface area (Å²) in [5.74, 6) is 1.90. The number of hydrogen-bond donors (Lipinski definition) is 1. The van der Waals surface area contributed by atoms with Gasteiger partial charge in [-0.3, -0.25) is 0 Å². The van der Waals surface area contributed by atoms with Crippen molar-refractivity contribution in [3.8, 4) is 0 Å². The minimum Gasteiger partial charge on any atom is -0.333 e. The molecule has 1 aliphatic heterocycles. The average molecular weight is 311 g/mol. The van der Waals surface area contributed by atoms with Crippen molar-refractivity contribution in [1.82, 2.24) is 9.88 Å². The molecule has 20 heavy (non-hydrogen) atoms. The third-order valence-corrected chi connectivity index (χ3v) is 5.11. The van der Waals surface area contributed by atoms with E-state index in [2.05, 4.69) is 55.0 Å². The topological polar surface area (TPSA) is 17.0 Å². The molecule has 0 aliphatic carbocycles. The van der Waals surface area contributed by atoms with E-state index < -0.39 is 0 Å². The highest BCUT2D eigenvalue weighted by atomic mass is 35.5. The Morgan fingerprint density at radius 2 is 2.10 bits per heavy atom. The van der Waals surface area contributed by atoms with Gasteiger partial charge in [-0.05, 0) is 38.9 Å². The summed E-state index contributed by atoms with van der Waals surface area (Å²) in [5, 5.41) is 6.32. The Kier molecular flexibility index (Phi) is 5.05. The summed E-state index contributed by atoms with van der Waals surface area (Å²) < 4.78 is 2.52. The SMILES string of the molecule is CNCC1CCSc2c1c1ccccc1n2C(C)C.Cl. The van der Waals surface area contributed by atoms with Gasteiger partial charge in [-0.2, -0.15) is 0 Å². The number of nitrogens with one attached hydrogen (secondary N) is 1. The standard InChI is InChI=1S/C16H22N2S.ClH/c1-11(2)18-14-7-5-4-6-13(14)15-12(10-17-3)8-9-19-16(15)18;/h4-7,11-12,17H,8-10H2,1-3H3;1H. The second-order valence-electron chi connectivity index (χ2n) is 5.59. The zero-order chi connectivity index (χ0) is 13.4. The predicted octanol–water partition coefficient (Wildman–Crippen LogP) is 4.44. The number of fused-ring (bicyclic) bond motifs is 3. The van der Waals surface area contributed by atoms with Crippen LogP contribution in [0.4, 0.5) is 0 Å². The molecule has 1 N–H and O–H groups in total. The lowest BCUT2D eigenvalue weighted by molar-refractivity contribution is 0.545. The van der Waals surface area contributed by atoms with Crippen molar-refractivity contribution in [2.75, 3.05) is 19.3 Å². The largest absolute Gasteiger partial charge is 0.333 e. The van der Waals surface area contributed by atoms with Crippen LogP contribution in [0.2, 0.25) is 0 Å². The number of thioether (sulfide) groups is 1. The second kappa shape index (κ2) is 6.42. The van der Waals surface area contributed by atoms with Crippen LogP contribution in [0.15, 0.2) is 29.3 Å². The van der Waals surface area contributed by atoms with E-state index in [0.717, 1.165) is 6.54 Å². The fourth-order valence-corrected chi connectivity index (χ4v) is 4.69. The first-order valence-electron chi connectivity index (χ1n) is 7.14. The Morgan fingerprint density at radius 1 is 1.35 bits per heavy atom. The molecular formula is C16H23ClN2S. The van der Waals surface area contributed by atoms with Crippen molar-refractivity contribution in [3.05, 3.63) is 29.8 Å². The lowest BCUT2D eigenvalue weighted by atomic mass is 9.95. The molecule has 0 amide bonds. The van der Waals surface area contributed by atoms with Gasteiger partial charge in [-0.15, -0.1) is 24.2 Å². The maximum atomic E-state index is 3.36. The molecule has 2 aromatic rings. The number of hydrogen-bond acceptors (Lipinski definition) is 2. The third kappa shape index (κ3) is 2.47. The number of likely N-dealkylation sites (N-methyl/N-ethyl adjacent to an activating group) is 1. The van der Waals surface area contributed by atoms with Crippen molar-refractivity contribution < 1.29 is 0 Å². The summed E-state index contributed by atoms with van der Waals surface area (Å²) >= 11 is 2.03. The molecule has 2 nitrogen and oxygen atoms in total. The maximum Gasteiger partial charge on any atom is 0.0797 e. The summed E-state index contributed by atoms with van der Waals surface area (Å²) in [7, 11) is 2.06. The van der Waals surface area contributed by atoms with E-state index in [4.69, 9.17) is 0 Å². The Bertz CT molecular complexity index is 591. The first kappa shape index (κ1) is 15.7. The van der Waals surface area contributed by atoms with Crippen molar-refractivity contribution in [3.63, 3.8) is 0 Å². The number of rotatable bonds is 3. The van der Waals surface area contributed by atoms with Gasteiger partial charge in [-0.25, -0.2) is 0 Å². The number of aromatic nitrogens is 1. The average Bonchev–Trinajstić information content (AvgIpc) is 2.74. The second-order valence-corrected chi connectivity index (χ2v) is 6.68. The van der Waals surface area contributed by atoms with Crippen LogP contribution in [0, 0.1) is 0 Å². The fraction of sp³-hybridized carbons (Fsp3) is 0.500. The van der Waals surface area contributed by atoms with Gasteiger partial charge in [0.1, 0.15) is 0 Å². The number of nitrogens with zero attached hydrogens (tertiary/aromatic N) is 1. The highest BCUT2D eigenvalue weighted by Crippen LogP contribution is 2.44. The lowest BCUT2D eigenvalue weighted by Crippen LogP contribution is -2.20. The van der Waals surface area contributed by atoms with E-state index in [-0.39, 0.29) is 12.4 Å². The summed E-state index contributed by atoms with van der Waals surface area (Å²) in [5.41, 5.74) is 2.98. The molecule has 1 aliphatic rings. The van der Waals surface area contributed by atoms with E-state index >= 15 is 0 Å². The molecular weight excluding hydrogens is 288 g/mol. The van der Waals surface area contributed by atoms with Gasteiger partial charge < -0.3 is 9.88 Å². The minimum atomic E-state index is 0. The number of halogens is 1. The number of benzene rings is 1. The Labute approximate surface area is 131 Å². The fourth-order valence-electron chi connectivity index (χ4n) is 3.21. The van der Waals surface area contributed by atoms with Crippen LogP contribution in [0.25, 0.3) is 10.9 Å². The summed E-state index contributed by atoms with van der Waals surface area (Å²) in [4.78, 5) is 0. The molecule has 0 fully saturated rings. The Hall–Kier alpha value is -0.640. The van der Waals surface area contributed by atoms with Gasteiger partial charge >= 0.3 is 0 Å². The van der Waals surface area contributed by atoms with E-state index in [1.165, 1.54) is 28.1 Å². The zero-order valence-corrected chi connectivity index (χ0v) is 14.0. The molecule has 1 atom stereocenters. The van der Waals surface area contributed by atoms with Gasteiger partial charge in [0.05, 0.1) is 5.03 Å². The molecule has 2 heterocycles.